The van der Waals surface area contributed by atoms with Crippen molar-refractivity contribution in [3.8, 4) is 10.6 Å². The highest BCUT2D eigenvalue weighted by molar-refractivity contribution is 7.14. The van der Waals surface area contributed by atoms with Crippen LogP contribution >= 0.6 is 11.3 Å². The molecule has 0 spiro atoms. The molecule has 1 atom stereocenters. The molecule has 0 saturated heterocycles. The van der Waals surface area contributed by atoms with E-state index in [9.17, 15) is 0 Å². The van der Waals surface area contributed by atoms with Crippen LogP contribution in [0.1, 0.15) is 36.9 Å². The summed E-state index contributed by atoms with van der Waals surface area (Å²) in [6.07, 6.45) is 2.05. The molecule has 1 unspecified atom stereocenters. The van der Waals surface area contributed by atoms with E-state index in [0.29, 0.717) is 6.04 Å². The number of hydrogen-bond acceptors (Lipinski definition) is 4. The van der Waals surface area contributed by atoms with E-state index in [1.165, 1.54) is 11.1 Å². The lowest BCUT2D eigenvalue weighted by Crippen LogP contribution is -2.14. The van der Waals surface area contributed by atoms with Gasteiger partial charge in [-0.3, -0.25) is 0 Å². The summed E-state index contributed by atoms with van der Waals surface area (Å²) in [4.78, 5) is 0. The van der Waals surface area contributed by atoms with Crippen molar-refractivity contribution in [1.29, 1.82) is 0 Å². The number of benzene rings is 1. The number of hydrogen-bond donors (Lipinski definition) is 1. The maximum absolute atomic E-state index is 4.34. The second kappa shape index (κ2) is 6.07. The topological polar surface area (TPSA) is 37.8 Å². The Morgan fingerprint density at radius 1 is 1.22 bits per heavy atom. The summed E-state index contributed by atoms with van der Waals surface area (Å²) < 4.78 is 0. The molecule has 1 heterocycles. The van der Waals surface area contributed by atoms with Crippen molar-refractivity contribution >= 4 is 11.3 Å². The molecule has 4 heteroatoms. The van der Waals surface area contributed by atoms with Crippen LogP contribution in [0.25, 0.3) is 10.6 Å². The van der Waals surface area contributed by atoms with E-state index in [0.717, 1.165) is 22.9 Å². The van der Waals surface area contributed by atoms with Crippen LogP contribution in [-0.2, 0) is 6.42 Å². The van der Waals surface area contributed by atoms with Crippen LogP contribution in [0.2, 0.25) is 0 Å². The van der Waals surface area contributed by atoms with Crippen LogP contribution < -0.4 is 5.32 Å². The normalized spacial score (nSPS) is 12.6. The summed E-state index contributed by atoms with van der Waals surface area (Å²) in [5, 5.41) is 14.0. The summed E-state index contributed by atoms with van der Waals surface area (Å²) in [6, 6.07) is 8.73. The SMILES string of the molecule is CCc1ccccc1-c1nnc(C(CC)NC)s1. The molecule has 1 aromatic heterocycles. The number of aryl methyl sites for hydroxylation is 1. The van der Waals surface area contributed by atoms with Gasteiger partial charge in [0.15, 0.2) is 0 Å². The Morgan fingerprint density at radius 2 is 2.00 bits per heavy atom. The molecule has 2 aromatic rings. The highest BCUT2D eigenvalue weighted by atomic mass is 32.1. The number of nitrogens with zero attached hydrogens (tertiary/aromatic N) is 2. The van der Waals surface area contributed by atoms with Gasteiger partial charge in [0.2, 0.25) is 0 Å². The zero-order chi connectivity index (χ0) is 13.0. The van der Waals surface area contributed by atoms with Crippen LogP contribution in [-0.4, -0.2) is 17.2 Å². The maximum Gasteiger partial charge on any atom is 0.148 e. The minimum atomic E-state index is 0.310. The van der Waals surface area contributed by atoms with Crippen LogP contribution in [0.4, 0.5) is 0 Å². The summed E-state index contributed by atoms with van der Waals surface area (Å²) in [5.74, 6) is 0. The van der Waals surface area contributed by atoms with Gasteiger partial charge < -0.3 is 5.32 Å². The predicted molar refractivity (Wildman–Crippen MR) is 76.8 cm³/mol. The second-order valence-electron chi connectivity index (χ2n) is 4.21. The van der Waals surface area contributed by atoms with Gasteiger partial charge in [-0.2, -0.15) is 0 Å². The molecule has 1 N–H and O–H groups in total. The van der Waals surface area contributed by atoms with E-state index in [1.54, 1.807) is 11.3 Å². The van der Waals surface area contributed by atoms with Gasteiger partial charge in [0.05, 0.1) is 6.04 Å². The lowest BCUT2D eigenvalue weighted by Gasteiger charge is -2.08. The van der Waals surface area contributed by atoms with Gasteiger partial charge >= 0.3 is 0 Å². The standard InChI is InChI=1S/C14H19N3S/c1-4-10-8-6-7-9-11(10)13-16-17-14(18-13)12(5-2)15-3/h6-9,12,15H,4-5H2,1-3H3. The highest BCUT2D eigenvalue weighted by Crippen LogP contribution is 2.30. The number of rotatable bonds is 5. The first-order chi connectivity index (χ1) is 8.80. The van der Waals surface area contributed by atoms with Crippen molar-refractivity contribution in [2.45, 2.75) is 32.7 Å². The van der Waals surface area contributed by atoms with E-state index in [-0.39, 0.29) is 0 Å². The van der Waals surface area contributed by atoms with Gasteiger partial charge in [-0.25, -0.2) is 0 Å². The van der Waals surface area contributed by atoms with E-state index >= 15 is 0 Å². The third-order valence-corrected chi connectivity index (χ3v) is 4.19. The van der Waals surface area contributed by atoms with E-state index in [1.807, 2.05) is 7.05 Å². The molecule has 3 nitrogen and oxygen atoms in total. The van der Waals surface area contributed by atoms with Gasteiger partial charge in [0.1, 0.15) is 10.0 Å². The van der Waals surface area contributed by atoms with E-state index < -0.39 is 0 Å². The molecule has 2 rings (SSSR count). The lowest BCUT2D eigenvalue weighted by atomic mass is 10.1. The molecular formula is C14H19N3S. The minimum absolute atomic E-state index is 0.310. The first kappa shape index (κ1) is 13.2. The van der Waals surface area contributed by atoms with Gasteiger partial charge in [-0.1, -0.05) is 49.4 Å². The largest absolute Gasteiger partial charge is 0.311 e. The Labute approximate surface area is 112 Å². The summed E-state index contributed by atoms with van der Waals surface area (Å²) in [5.41, 5.74) is 2.55. The highest BCUT2D eigenvalue weighted by Gasteiger charge is 2.15. The fourth-order valence-corrected chi connectivity index (χ4v) is 3.12. The molecule has 0 saturated carbocycles. The number of nitrogens with one attached hydrogen (secondary N) is 1. The molecule has 0 aliphatic heterocycles. The van der Waals surface area contributed by atoms with Crippen molar-refractivity contribution in [2.24, 2.45) is 0 Å². The molecule has 0 fully saturated rings. The third kappa shape index (κ3) is 2.60. The first-order valence-electron chi connectivity index (χ1n) is 6.39. The Kier molecular flexibility index (Phi) is 4.44. The second-order valence-corrected chi connectivity index (χ2v) is 5.21. The maximum atomic E-state index is 4.34. The molecule has 0 bridgehead atoms. The van der Waals surface area contributed by atoms with Gasteiger partial charge in [0, 0.05) is 5.56 Å². The molecular weight excluding hydrogens is 242 g/mol. The fraction of sp³-hybridized carbons (Fsp3) is 0.429. The summed E-state index contributed by atoms with van der Waals surface area (Å²) in [7, 11) is 1.97. The van der Waals surface area contributed by atoms with Gasteiger partial charge in [0.25, 0.3) is 0 Å². The van der Waals surface area contributed by atoms with Crippen LogP contribution in [0.5, 0.6) is 0 Å². The summed E-state index contributed by atoms with van der Waals surface area (Å²) >= 11 is 1.69. The average molecular weight is 261 g/mol. The van der Waals surface area contributed by atoms with Gasteiger partial charge in [-0.05, 0) is 25.5 Å². The molecule has 0 aliphatic rings. The zero-order valence-corrected chi connectivity index (χ0v) is 11.9. The van der Waals surface area contributed by atoms with Crippen molar-refractivity contribution in [1.82, 2.24) is 15.5 Å². The van der Waals surface area contributed by atoms with Crippen molar-refractivity contribution in [2.75, 3.05) is 7.05 Å². The number of aromatic nitrogens is 2. The molecule has 0 amide bonds. The Bertz CT molecular complexity index is 503. The third-order valence-electron chi connectivity index (χ3n) is 3.12. The quantitative estimate of drug-likeness (QED) is 0.896. The Morgan fingerprint density at radius 3 is 2.67 bits per heavy atom. The minimum Gasteiger partial charge on any atom is -0.311 e. The lowest BCUT2D eigenvalue weighted by molar-refractivity contribution is 0.568. The average Bonchev–Trinajstić information content (AvgIpc) is 2.89. The van der Waals surface area contributed by atoms with Crippen molar-refractivity contribution in [3.63, 3.8) is 0 Å². The zero-order valence-electron chi connectivity index (χ0n) is 11.1. The molecule has 96 valence electrons. The Balaban J connectivity index is 2.34. The summed E-state index contributed by atoms with van der Waals surface area (Å²) in [6.45, 7) is 4.32. The van der Waals surface area contributed by atoms with Crippen LogP contribution in [0.15, 0.2) is 24.3 Å². The monoisotopic (exact) mass is 261 g/mol. The van der Waals surface area contributed by atoms with E-state index in [2.05, 4.69) is 53.6 Å². The van der Waals surface area contributed by atoms with Crippen molar-refractivity contribution in [3.05, 3.63) is 34.8 Å². The molecule has 0 radical (unpaired) electrons. The molecule has 18 heavy (non-hydrogen) atoms. The van der Waals surface area contributed by atoms with Crippen molar-refractivity contribution < 1.29 is 0 Å². The van der Waals surface area contributed by atoms with Crippen LogP contribution in [0, 0.1) is 0 Å². The molecule has 1 aromatic carbocycles. The van der Waals surface area contributed by atoms with E-state index in [4.69, 9.17) is 0 Å². The fourth-order valence-electron chi connectivity index (χ4n) is 2.02. The van der Waals surface area contributed by atoms with Gasteiger partial charge in [-0.15, -0.1) is 10.2 Å². The smallest absolute Gasteiger partial charge is 0.148 e. The Hall–Kier alpha value is -1.26. The van der Waals surface area contributed by atoms with Crippen LogP contribution in [0.3, 0.4) is 0 Å². The molecule has 0 aliphatic carbocycles. The predicted octanol–water partition coefficient (Wildman–Crippen LogP) is 3.44. The first-order valence-corrected chi connectivity index (χ1v) is 7.20.